The van der Waals surface area contributed by atoms with Gasteiger partial charge in [0, 0.05) is 23.7 Å². The van der Waals surface area contributed by atoms with Crippen molar-refractivity contribution in [2.24, 2.45) is 0 Å². The maximum absolute atomic E-state index is 13.1. The number of carbonyl (C=O) groups excluding carboxylic acids is 1. The largest absolute Gasteiger partial charge is 0.356 e. The smallest absolute Gasteiger partial charge is 0.265 e. The van der Waals surface area contributed by atoms with E-state index in [-0.39, 0.29) is 23.9 Å². The first-order valence-corrected chi connectivity index (χ1v) is 10.6. The third-order valence-electron chi connectivity index (χ3n) is 4.72. The summed E-state index contributed by atoms with van der Waals surface area (Å²) in [4.78, 5) is 29.9. The summed E-state index contributed by atoms with van der Waals surface area (Å²) >= 11 is 7.45. The van der Waals surface area contributed by atoms with Gasteiger partial charge in [-0.05, 0) is 30.7 Å². The van der Waals surface area contributed by atoms with Gasteiger partial charge in [-0.3, -0.25) is 14.2 Å². The Morgan fingerprint density at radius 3 is 2.89 bits per heavy atom. The van der Waals surface area contributed by atoms with Crippen LogP contribution in [0.3, 0.4) is 0 Å². The van der Waals surface area contributed by atoms with E-state index in [2.05, 4.69) is 22.3 Å². The zero-order valence-corrected chi connectivity index (χ0v) is 17.0. The lowest BCUT2D eigenvalue weighted by Crippen LogP contribution is -2.31. The predicted octanol–water partition coefficient (Wildman–Crippen LogP) is 3.19. The van der Waals surface area contributed by atoms with E-state index < -0.39 is 0 Å². The van der Waals surface area contributed by atoms with Crippen molar-refractivity contribution in [2.75, 3.05) is 12.3 Å². The molecule has 0 spiro atoms. The van der Waals surface area contributed by atoms with Crippen LogP contribution in [0, 0.1) is 0 Å². The highest BCUT2D eigenvalue weighted by molar-refractivity contribution is 7.99. The Labute approximate surface area is 171 Å². The van der Waals surface area contributed by atoms with Crippen LogP contribution in [0.5, 0.6) is 0 Å². The molecule has 1 aliphatic rings. The molecular weight excluding hydrogens is 398 g/mol. The molecule has 0 aliphatic carbocycles. The van der Waals surface area contributed by atoms with Crippen LogP contribution in [0.15, 0.2) is 40.4 Å². The van der Waals surface area contributed by atoms with Gasteiger partial charge in [0.05, 0.1) is 17.9 Å². The molecule has 4 rings (SSSR count). The van der Waals surface area contributed by atoms with Crippen molar-refractivity contribution >= 4 is 40.3 Å². The molecule has 0 saturated carbocycles. The van der Waals surface area contributed by atoms with Crippen LogP contribution in [0.2, 0.25) is 5.02 Å². The van der Waals surface area contributed by atoms with Crippen LogP contribution in [-0.4, -0.2) is 37.5 Å². The van der Waals surface area contributed by atoms with E-state index in [9.17, 15) is 9.59 Å². The second-order valence-corrected chi connectivity index (χ2v) is 8.14. The summed E-state index contributed by atoms with van der Waals surface area (Å²) in [6.45, 7) is 2.75. The fraction of sp³-hybridized carbons (Fsp3) is 0.368. The molecule has 0 fully saturated rings. The fourth-order valence-corrected chi connectivity index (χ4v) is 4.50. The minimum Gasteiger partial charge on any atom is -0.356 e. The Balaban J connectivity index is 1.65. The molecule has 1 aliphatic heterocycles. The molecule has 1 unspecified atom stereocenters. The number of carbonyl (C=O) groups is 1. The Kier molecular flexibility index (Phi) is 5.41. The number of amides is 1. The Bertz CT molecular complexity index is 1080. The quantitative estimate of drug-likeness (QED) is 0.492. The van der Waals surface area contributed by atoms with E-state index in [4.69, 9.17) is 11.6 Å². The van der Waals surface area contributed by atoms with Gasteiger partial charge in [0.2, 0.25) is 5.91 Å². The number of hydrogen-bond acceptors (Lipinski definition) is 5. The minimum absolute atomic E-state index is 0.0317. The van der Waals surface area contributed by atoms with Crippen LogP contribution >= 0.6 is 23.4 Å². The van der Waals surface area contributed by atoms with Crippen molar-refractivity contribution in [2.45, 2.75) is 37.4 Å². The van der Waals surface area contributed by atoms with Crippen molar-refractivity contribution in [3.05, 3.63) is 45.8 Å². The van der Waals surface area contributed by atoms with Gasteiger partial charge in [0.25, 0.3) is 5.56 Å². The van der Waals surface area contributed by atoms with Crippen LogP contribution in [0.25, 0.3) is 16.7 Å². The number of nitrogens with zero attached hydrogens (tertiary/aromatic N) is 4. The predicted molar refractivity (Wildman–Crippen MR) is 110 cm³/mol. The number of aromatic nitrogens is 4. The maximum Gasteiger partial charge on any atom is 0.265 e. The van der Waals surface area contributed by atoms with Gasteiger partial charge >= 0.3 is 0 Å². The summed E-state index contributed by atoms with van der Waals surface area (Å²) in [7, 11) is 0. The number of benzene rings is 1. The Morgan fingerprint density at radius 2 is 2.14 bits per heavy atom. The van der Waals surface area contributed by atoms with Crippen LogP contribution in [0.1, 0.15) is 32.2 Å². The highest BCUT2D eigenvalue weighted by Gasteiger charge is 2.29. The zero-order chi connectivity index (χ0) is 19.7. The number of fused-ring (bicyclic) bond motifs is 2. The number of hydrogen-bond donors (Lipinski definition) is 1. The molecule has 7 nitrogen and oxygen atoms in total. The molecule has 2 aromatic heterocycles. The van der Waals surface area contributed by atoms with Crippen LogP contribution < -0.4 is 10.9 Å². The molecule has 9 heteroatoms. The Hall–Kier alpha value is -2.32. The number of rotatable bonds is 6. The van der Waals surface area contributed by atoms with Crippen LogP contribution in [0.4, 0.5) is 0 Å². The van der Waals surface area contributed by atoms with Gasteiger partial charge in [-0.1, -0.05) is 36.7 Å². The standard InChI is InChI=1S/C19H20ClN5O2S/c1-2-3-8-21-16(26)9-14-11-28-19-23-17-15(18(27)24(14)19)10-22-25(17)13-6-4-12(20)5-7-13/h4-7,10,14H,2-3,8-9,11H2,1H3,(H,21,26). The summed E-state index contributed by atoms with van der Waals surface area (Å²) in [6.07, 6.45) is 3.80. The molecule has 0 saturated heterocycles. The lowest BCUT2D eigenvalue weighted by atomic mass is 10.2. The average Bonchev–Trinajstić information content (AvgIpc) is 3.28. The first-order chi connectivity index (χ1) is 13.6. The third kappa shape index (κ3) is 3.54. The van der Waals surface area contributed by atoms with E-state index in [1.54, 1.807) is 21.4 Å². The average molecular weight is 418 g/mol. The monoisotopic (exact) mass is 417 g/mol. The summed E-state index contributed by atoms with van der Waals surface area (Å²) in [6, 6.07) is 7.01. The van der Waals surface area contributed by atoms with Gasteiger partial charge in [0.1, 0.15) is 5.39 Å². The lowest BCUT2D eigenvalue weighted by Gasteiger charge is -2.13. The van der Waals surface area contributed by atoms with E-state index in [0.717, 1.165) is 18.5 Å². The van der Waals surface area contributed by atoms with Crippen molar-refractivity contribution in [3.8, 4) is 5.69 Å². The maximum atomic E-state index is 13.1. The SMILES string of the molecule is CCCCNC(=O)CC1CSc2nc3c(cnn3-c3ccc(Cl)cc3)c(=O)n21. The van der Waals surface area contributed by atoms with E-state index in [1.165, 1.54) is 18.0 Å². The first kappa shape index (κ1) is 19.0. The normalized spacial score (nSPS) is 15.7. The van der Waals surface area contributed by atoms with E-state index >= 15 is 0 Å². The van der Waals surface area contributed by atoms with Crippen molar-refractivity contribution in [3.63, 3.8) is 0 Å². The van der Waals surface area contributed by atoms with Gasteiger partial charge in [-0.15, -0.1) is 0 Å². The first-order valence-electron chi connectivity index (χ1n) is 9.24. The summed E-state index contributed by atoms with van der Waals surface area (Å²) in [5.41, 5.74) is 1.14. The molecule has 0 radical (unpaired) electrons. The highest BCUT2D eigenvalue weighted by atomic mass is 35.5. The van der Waals surface area contributed by atoms with Crippen LogP contribution in [-0.2, 0) is 4.79 Å². The molecule has 1 N–H and O–H groups in total. The molecule has 0 bridgehead atoms. The van der Waals surface area contributed by atoms with Crippen molar-refractivity contribution < 1.29 is 4.79 Å². The van der Waals surface area contributed by atoms with Gasteiger partial charge in [-0.25, -0.2) is 9.67 Å². The summed E-state index contributed by atoms with van der Waals surface area (Å²) in [5.74, 6) is 0.625. The fourth-order valence-electron chi connectivity index (χ4n) is 3.24. The second-order valence-electron chi connectivity index (χ2n) is 6.71. The highest BCUT2D eigenvalue weighted by Crippen LogP contribution is 2.33. The minimum atomic E-state index is -0.190. The zero-order valence-electron chi connectivity index (χ0n) is 15.4. The number of nitrogens with one attached hydrogen (secondary N) is 1. The molecule has 1 atom stereocenters. The Morgan fingerprint density at radius 1 is 1.36 bits per heavy atom. The molecule has 1 aromatic carbocycles. The second kappa shape index (κ2) is 7.97. The number of halogens is 1. The molecule has 28 heavy (non-hydrogen) atoms. The van der Waals surface area contributed by atoms with Crippen molar-refractivity contribution in [1.82, 2.24) is 24.6 Å². The van der Waals surface area contributed by atoms with Gasteiger partial charge in [-0.2, -0.15) is 5.10 Å². The van der Waals surface area contributed by atoms with Crippen molar-refractivity contribution in [1.29, 1.82) is 0 Å². The topological polar surface area (TPSA) is 81.8 Å². The summed E-state index contributed by atoms with van der Waals surface area (Å²) in [5, 5.41) is 8.95. The molecular formula is C19H20ClN5O2S. The van der Waals surface area contributed by atoms with Gasteiger partial charge < -0.3 is 5.32 Å². The van der Waals surface area contributed by atoms with Gasteiger partial charge in [0.15, 0.2) is 10.8 Å². The molecule has 146 valence electrons. The number of unbranched alkanes of at least 4 members (excludes halogenated alkanes) is 1. The molecule has 3 aromatic rings. The molecule has 3 heterocycles. The number of thioether (sulfide) groups is 1. The lowest BCUT2D eigenvalue weighted by molar-refractivity contribution is -0.121. The third-order valence-corrected chi connectivity index (χ3v) is 6.06. The van der Waals surface area contributed by atoms with E-state index in [0.29, 0.717) is 33.5 Å². The summed E-state index contributed by atoms with van der Waals surface area (Å²) < 4.78 is 3.28. The van der Waals surface area contributed by atoms with E-state index in [1.807, 2.05) is 12.1 Å². The molecule has 1 amide bonds.